The zero-order valence-electron chi connectivity index (χ0n) is 11.1. The van der Waals surface area contributed by atoms with Gasteiger partial charge in [-0.1, -0.05) is 25.5 Å². The van der Waals surface area contributed by atoms with Gasteiger partial charge in [0.05, 0.1) is 5.56 Å². The molecule has 0 fully saturated rings. The van der Waals surface area contributed by atoms with E-state index in [1.165, 1.54) is 0 Å². The number of benzene rings is 1. The molecule has 0 aliphatic heterocycles. The SMILES string of the molecule is CCC(CCO)CNC(=O)c1cccc(C)c1N. The molecule has 1 amide bonds. The normalized spacial score (nSPS) is 12.2. The molecule has 0 aromatic heterocycles. The van der Waals surface area contributed by atoms with Crippen LogP contribution in [0.2, 0.25) is 0 Å². The first-order chi connectivity index (χ1) is 8.60. The molecule has 100 valence electrons. The molecule has 4 N–H and O–H groups in total. The van der Waals surface area contributed by atoms with E-state index in [1.54, 1.807) is 6.07 Å². The summed E-state index contributed by atoms with van der Waals surface area (Å²) in [6.45, 7) is 4.66. The van der Waals surface area contributed by atoms with Crippen LogP contribution in [-0.4, -0.2) is 24.2 Å². The van der Waals surface area contributed by atoms with Crippen LogP contribution in [-0.2, 0) is 0 Å². The lowest BCUT2D eigenvalue weighted by Gasteiger charge is -2.15. The van der Waals surface area contributed by atoms with Crippen molar-refractivity contribution in [1.29, 1.82) is 0 Å². The summed E-state index contributed by atoms with van der Waals surface area (Å²) in [4.78, 5) is 12.0. The fraction of sp³-hybridized carbons (Fsp3) is 0.500. The number of carbonyl (C=O) groups excluding carboxylic acids is 1. The van der Waals surface area contributed by atoms with E-state index in [4.69, 9.17) is 10.8 Å². The van der Waals surface area contributed by atoms with Gasteiger partial charge >= 0.3 is 0 Å². The van der Waals surface area contributed by atoms with Crippen molar-refractivity contribution in [3.63, 3.8) is 0 Å². The molecule has 1 rings (SSSR count). The van der Waals surface area contributed by atoms with Crippen molar-refractivity contribution >= 4 is 11.6 Å². The zero-order chi connectivity index (χ0) is 13.5. The smallest absolute Gasteiger partial charge is 0.253 e. The van der Waals surface area contributed by atoms with Crippen molar-refractivity contribution in [2.75, 3.05) is 18.9 Å². The van der Waals surface area contributed by atoms with Crippen molar-refractivity contribution in [1.82, 2.24) is 5.32 Å². The third kappa shape index (κ3) is 3.74. The highest BCUT2D eigenvalue weighted by Crippen LogP contribution is 2.16. The molecule has 1 atom stereocenters. The van der Waals surface area contributed by atoms with Crippen LogP contribution in [0.3, 0.4) is 0 Å². The van der Waals surface area contributed by atoms with Crippen molar-refractivity contribution in [3.8, 4) is 0 Å². The van der Waals surface area contributed by atoms with Gasteiger partial charge in [-0.15, -0.1) is 0 Å². The number of nitrogens with one attached hydrogen (secondary N) is 1. The molecule has 1 aromatic rings. The number of aryl methyl sites for hydroxylation is 1. The second-order valence-corrected chi connectivity index (χ2v) is 4.53. The average molecular weight is 250 g/mol. The summed E-state index contributed by atoms with van der Waals surface area (Å²) in [7, 11) is 0. The number of hydrogen-bond donors (Lipinski definition) is 3. The van der Waals surface area contributed by atoms with E-state index < -0.39 is 0 Å². The van der Waals surface area contributed by atoms with Crippen molar-refractivity contribution < 1.29 is 9.90 Å². The standard InChI is InChI=1S/C14H22N2O2/c1-3-11(7-8-17)9-16-14(18)12-6-4-5-10(2)13(12)15/h4-6,11,17H,3,7-9,15H2,1-2H3,(H,16,18). The van der Waals surface area contributed by atoms with Crippen LogP contribution in [0.25, 0.3) is 0 Å². The van der Waals surface area contributed by atoms with Crippen LogP contribution in [0.4, 0.5) is 5.69 Å². The number of nitrogen functional groups attached to an aromatic ring is 1. The quantitative estimate of drug-likeness (QED) is 0.673. The molecule has 0 aliphatic rings. The second kappa shape index (κ2) is 7.01. The summed E-state index contributed by atoms with van der Waals surface area (Å²) in [5, 5.41) is 11.8. The monoisotopic (exact) mass is 250 g/mol. The third-order valence-electron chi connectivity index (χ3n) is 3.23. The molecule has 0 radical (unpaired) electrons. The Bertz CT molecular complexity index is 405. The average Bonchev–Trinajstić information content (AvgIpc) is 2.37. The lowest BCUT2D eigenvalue weighted by Crippen LogP contribution is -2.30. The number of anilines is 1. The largest absolute Gasteiger partial charge is 0.398 e. The summed E-state index contributed by atoms with van der Waals surface area (Å²) in [5.41, 5.74) is 7.84. The minimum atomic E-state index is -0.146. The van der Waals surface area contributed by atoms with Gasteiger partial charge in [0, 0.05) is 18.8 Å². The number of amides is 1. The molecule has 0 heterocycles. The van der Waals surface area contributed by atoms with Crippen LogP contribution in [0.15, 0.2) is 18.2 Å². The molecular formula is C14H22N2O2. The minimum absolute atomic E-state index is 0.146. The van der Waals surface area contributed by atoms with Crippen molar-refractivity contribution in [2.24, 2.45) is 5.92 Å². The number of nitrogens with two attached hydrogens (primary N) is 1. The zero-order valence-corrected chi connectivity index (χ0v) is 11.1. The topological polar surface area (TPSA) is 75.3 Å². The van der Waals surface area contributed by atoms with Crippen LogP contribution >= 0.6 is 0 Å². The number of carbonyl (C=O) groups is 1. The predicted molar refractivity (Wildman–Crippen MR) is 73.4 cm³/mol. The van der Waals surface area contributed by atoms with Gasteiger partial charge in [-0.25, -0.2) is 0 Å². The molecular weight excluding hydrogens is 228 g/mol. The molecule has 0 saturated carbocycles. The summed E-state index contributed by atoms with van der Waals surface area (Å²) >= 11 is 0. The van der Waals surface area contributed by atoms with Crippen LogP contribution in [0.5, 0.6) is 0 Å². The molecule has 18 heavy (non-hydrogen) atoms. The van der Waals surface area contributed by atoms with Gasteiger partial charge in [0.15, 0.2) is 0 Å². The maximum atomic E-state index is 12.0. The van der Waals surface area contributed by atoms with Crippen molar-refractivity contribution in [2.45, 2.75) is 26.7 Å². The Labute approximate surface area is 108 Å². The van der Waals surface area contributed by atoms with E-state index in [0.717, 1.165) is 12.0 Å². The van der Waals surface area contributed by atoms with Crippen molar-refractivity contribution in [3.05, 3.63) is 29.3 Å². The Hall–Kier alpha value is -1.55. The minimum Gasteiger partial charge on any atom is -0.398 e. The first kappa shape index (κ1) is 14.5. The molecule has 1 unspecified atom stereocenters. The maximum absolute atomic E-state index is 12.0. The second-order valence-electron chi connectivity index (χ2n) is 4.53. The first-order valence-electron chi connectivity index (χ1n) is 6.34. The van der Waals surface area contributed by atoms with Crippen LogP contribution in [0, 0.1) is 12.8 Å². The number of rotatable bonds is 6. The molecule has 4 heteroatoms. The van der Waals surface area contributed by atoms with E-state index in [1.807, 2.05) is 26.0 Å². The van der Waals surface area contributed by atoms with E-state index in [2.05, 4.69) is 5.32 Å². The fourth-order valence-corrected chi connectivity index (χ4v) is 1.84. The van der Waals surface area contributed by atoms with E-state index in [0.29, 0.717) is 30.1 Å². The van der Waals surface area contributed by atoms with Gasteiger partial charge < -0.3 is 16.2 Å². The van der Waals surface area contributed by atoms with Gasteiger partial charge in [-0.3, -0.25) is 4.79 Å². The fourth-order valence-electron chi connectivity index (χ4n) is 1.84. The third-order valence-corrected chi connectivity index (χ3v) is 3.23. The maximum Gasteiger partial charge on any atom is 0.253 e. The summed E-state index contributed by atoms with van der Waals surface area (Å²) in [5.74, 6) is 0.164. The van der Waals surface area contributed by atoms with E-state index in [-0.39, 0.29) is 12.5 Å². The molecule has 0 saturated heterocycles. The van der Waals surface area contributed by atoms with Gasteiger partial charge in [-0.2, -0.15) is 0 Å². The van der Waals surface area contributed by atoms with Gasteiger partial charge in [0.2, 0.25) is 0 Å². The molecule has 0 aliphatic carbocycles. The summed E-state index contributed by atoms with van der Waals surface area (Å²) < 4.78 is 0. The molecule has 0 bridgehead atoms. The van der Waals surface area contributed by atoms with Crippen LogP contribution in [0.1, 0.15) is 35.7 Å². The van der Waals surface area contributed by atoms with E-state index >= 15 is 0 Å². The summed E-state index contributed by atoms with van der Waals surface area (Å²) in [6, 6.07) is 5.43. The van der Waals surface area contributed by atoms with Gasteiger partial charge in [-0.05, 0) is 30.9 Å². The predicted octanol–water partition coefficient (Wildman–Crippen LogP) is 1.72. The van der Waals surface area contributed by atoms with Crippen LogP contribution < -0.4 is 11.1 Å². The Balaban J connectivity index is 2.62. The highest BCUT2D eigenvalue weighted by Gasteiger charge is 2.12. The number of aliphatic hydroxyl groups is 1. The van der Waals surface area contributed by atoms with E-state index in [9.17, 15) is 4.79 Å². The number of para-hydroxylation sites is 1. The molecule has 0 spiro atoms. The van der Waals surface area contributed by atoms with Gasteiger partial charge in [0.1, 0.15) is 0 Å². The Morgan fingerprint density at radius 3 is 2.83 bits per heavy atom. The number of hydrogen-bond acceptors (Lipinski definition) is 3. The highest BCUT2D eigenvalue weighted by molar-refractivity contribution is 5.99. The Morgan fingerprint density at radius 2 is 2.22 bits per heavy atom. The lowest BCUT2D eigenvalue weighted by molar-refractivity contribution is 0.0944. The van der Waals surface area contributed by atoms with Gasteiger partial charge in [0.25, 0.3) is 5.91 Å². The number of aliphatic hydroxyl groups excluding tert-OH is 1. The Kier molecular flexibility index (Phi) is 5.65. The Morgan fingerprint density at radius 1 is 1.50 bits per heavy atom. The molecule has 1 aromatic carbocycles. The lowest BCUT2D eigenvalue weighted by atomic mass is 10.0. The molecule has 4 nitrogen and oxygen atoms in total. The highest BCUT2D eigenvalue weighted by atomic mass is 16.3. The first-order valence-corrected chi connectivity index (χ1v) is 6.34. The summed E-state index contributed by atoms with van der Waals surface area (Å²) in [6.07, 6.45) is 1.64.